The van der Waals surface area contributed by atoms with Gasteiger partial charge in [-0.15, -0.1) is 0 Å². The van der Waals surface area contributed by atoms with E-state index >= 15 is 0 Å². The first-order valence-corrected chi connectivity index (χ1v) is 6.28. The van der Waals surface area contributed by atoms with Crippen LogP contribution in [0.2, 0.25) is 0 Å². The standard InChI is InChI=1S/C12H20N6O/c1-5-13-11-16-9-8(14-7-15-9)10(17-11)18-12(2,3)6-19-4/h7H,5-6H2,1-4H3,(H3,13,14,15,16,17,18). The largest absolute Gasteiger partial charge is 0.382 e. The molecule has 0 aliphatic carbocycles. The Bertz CT molecular complexity index is 550. The van der Waals surface area contributed by atoms with Crippen molar-refractivity contribution in [1.82, 2.24) is 19.9 Å². The summed E-state index contributed by atoms with van der Waals surface area (Å²) in [5.41, 5.74) is 1.21. The average Bonchev–Trinajstić information content (AvgIpc) is 2.77. The number of imidazole rings is 1. The molecule has 0 saturated carbocycles. The third-order valence-corrected chi connectivity index (χ3v) is 2.58. The molecule has 19 heavy (non-hydrogen) atoms. The summed E-state index contributed by atoms with van der Waals surface area (Å²) in [6.45, 7) is 7.43. The van der Waals surface area contributed by atoms with E-state index < -0.39 is 0 Å². The Morgan fingerprint density at radius 1 is 1.37 bits per heavy atom. The third kappa shape index (κ3) is 3.11. The summed E-state index contributed by atoms with van der Waals surface area (Å²) in [4.78, 5) is 16.0. The second-order valence-electron chi connectivity index (χ2n) is 4.97. The number of nitrogens with one attached hydrogen (secondary N) is 3. The van der Waals surface area contributed by atoms with Gasteiger partial charge in [0.1, 0.15) is 5.52 Å². The molecule has 2 rings (SSSR count). The molecule has 2 aromatic rings. The summed E-state index contributed by atoms with van der Waals surface area (Å²) in [6, 6.07) is 0. The molecule has 0 aliphatic heterocycles. The van der Waals surface area contributed by atoms with Gasteiger partial charge in [0, 0.05) is 13.7 Å². The normalized spacial score (nSPS) is 11.8. The minimum absolute atomic E-state index is 0.232. The fraction of sp³-hybridized carbons (Fsp3) is 0.583. The molecular formula is C12H20N6O. The molecule has 0 radical (unpaired) electrons. The second kappa shape index (κ2) is 5.40. The van der Waals surface area contributed by atoms with E-state index in [-0.39, 0.29) is 5.54 Å². The zero-order valence-electron chi connectivity index (χ0n) is 11.7. The van der Waals surface area contributed by atoms with Crippen LogP contribution in [0.5, 0.6) is 0 Å². The van der Waals surface area contributed by atoms with E-state index in [4.69, 9.17) is 4.74 Å². The zero-order chi connectivity index (χ0) is 13.9. The van der Waals surface area contributed by atoms with Crippen molar-refractivity contribution in [2.24, 2.45) is 0 Å². The third-order valence-electron chi connectivity index (χ3n) is 2.58. The van der Waals surface area contributed by atoms with E-state index in [1.165, 1.54) is 0 Å². The number of ether oxygens (including phenoxy) is 1. The molecular weight excluding hydrogens is 244 g/mol. The van der Waals surface area contributed by atoms with Crippen molar-refractivity contribution in [2.45, 2.75) is 26.3 Å². The number of hydrogen-bond donors (Lipinski definition) is 3. The fourth-order valence-corrected chi connectivity index (χ4v) is 1.88. The van der Waals surface area contributed by atoms with Crippen molar-refractivity contribution >= 4 is 22.9 Å². The SMILES string of the molecule is CCNc1nc(NC(C)(C)COC)c2[nH]cnc2n1. The van der Waals surface area contributed by atoms with Crippen LogP contribution in [-0.4, -0.2) is 45.7 Å². The Hall–Kier alpha value is -1.89. The highest BCUT2D eigenvalue weighted by Gasteiger charge is 2.20. The van der Waals surface area contributed by atoms with Gasteiger partial charge in [-0.2, -0.15) is 9.97 Å². The number of aromatic amines is 1. The van der Waals surface area contributed by atoms with Crippen LogP contribution in [0.3, 0.4) is 0 Å². The van der Waals surface area contributed by atoms with Crippen molar-refractivity contribution in [3.63, 3.8) is 0 Å². The maximum atomic E-state index is 5.20. The molecule has 0 fully saturated rings. The summed E-state index contributed by atoms with van der Waals surface area (Å²) in [5.74, 6) is 1.29. The zero-order valence-corrected chi connectivity index (χ0v) is 11.7. The number of aromatic nitrogens is 4. The average molecular weight is 264 g/mol. The highest BCUT2D eigenvalue weighted by atomic mass is 16.5. The first-order chi connectivity index (χ1) is 9.05. The number of H-pyrrole nitrogens is 1. The molecule has 2 aromatic heterocycles. The van der Waals surface area contributed by atoms with Gasteiger partial charge in [-0.3, -0.25) is 0 Å². The highest BCUT2D eigenvalue weighted by Crippen LogP contribution is 2.22. The number of fused-ring (bicyclic) bond motifs is 1. The lowest BCUT2D eigenvalue weighted by Crippen LogP contribution is -2.36. The summed E-state index contributed by atoms with van der Waals surface area (Å²) in [7, 11) is 1.68. The monoisotopic (exact) mass is 264 g/mol. The molecule has 0 aromatic carbocycles. The summed E-state index contributed by atoms with van der Waals surface area (Å²) < 4.78 is 5.20. The van der Waals surface area contributed by atoms with E-state index in [9.17, 15) is 0 Å². The van der Waals surface area contributed by atoms with Gasteiger partial charge in [-0.05, 0) is 20.8 Å². The molecule has 0 bridgehead atoms. The lowest BCUT2D eigenvalue weighted by molar-refractivity contribution is 0.158. The number of hydrogen-bond acceptors (Lipinski definition) is 6. The van der Waals surface area contributed by atoms with Gasteiger partial charge in [0.25, 0.3) is 0 Å². The summed E-state index contributed by atoms with van der Waals surface area (Å²) in [6.07, 6.45) is 1.61. The molecule has 2 heterocycles. The smallest absolute Gasteiger partial charge is 0.226 e. The van der Waals surface area contributed by atoms with Gasteiger partial charge in [-0.1, -0.05) is 0 Å². The lowest BCUT2D eigenvalue weighted by atomic mass is 10.1. The van der Waals surface area contributed by atoms with E-state index in [2.05, 4.69) is 30.6 Å². The summed E-state index contributed by atoms with van der Waals surface area (Å²) >= 11 is 0. The Labute approximate surface area is 112 Å². The molecule has 0 aliphatic rings. The van der Waals surface area contributed by atoms with E-state index in [0.717, 1.165) is 17.9 Å². The van der Waals surface area contributed by atoms with Gasteiger partial charge in [0.05, 0.1) is 18.5 Å². The van der Waals surface area contributed by atoms with Gasteiger partial charge in [-0.25, -0.2) is 4.98 Å². The van der Waals surface area contributed by atoms with Crippen molar-refractivity contribution in [2.75, 3.05) is 30.9 Å². The fourth-order valence-electron chi connectivity index (χ4n) is 1.88. The molecule has 0 unspecified atom stereocenters. The van der Waals surface area contributed by atoms with Crippen molar-refractivity contribution in [3.05, 3.63) is 6.33 Å². The van der Waals surface area contributed by atoms with Gasteiger partial charge in [0.2, 0.25) is 5.95 Å². The topological polar surface area (TPSA) is 87.8 Å². The minimum Gasteiger partial charge on any atom is -0.382 e. The summed E-state index contributed by atoms with van der Waals surface area (Å²) in [5, 5.41) is 6.46. The number of methoxy groups -OCH3 is 1. The lowest BCUT2D eigenvalue weighted by Gasteiger charge is -2.26. The Morgan fingerprint density at radius 3 is 2.84 bits per heavy atom. The first-order valence-electron chi connectivity index (χ1n) is 6.28. The van der Waals surface area contributed by atoms with Crippen LogP contribution in [0.15, 0.2) is 6.33 Å². The van der Waals surface area contributed by atoms with E-state index in [1.807, 2.05) is 20.8 Å². The predicted octanol–water partition coefficient (Wildman–Crippen LogP) is 1.62. The maximum absolute atomic E-state index is 5.20. The van der Waals surface area contributed by atoms with Crippen LogP contribution in [0.4, 0.5) is 11.8 Å². The van der Waals surface area contributed by atoms with Crippen LogP contribution < -0.4 is 10.6 Å². The van der Waals surface area contributed by atoms with Crippen LogP contribution in [-0.2, 0) is 4.74 Å². The van der Waals surface area contributed by atoms with Crippen LogP contribution in [0.1, 0.15) is 20.8 Å². The van der Waals surface area contributed by atoms with E-state index in [0.29, 0.717) is 18.2 Å². The predicted molar refractivity (Wildman–Crippen MR) is 75.4 cm³/mol. The molecule has 0 amide bonds. The molecule has 0 saturated heterocycles. The molecule has 7 heteroatoms. The van der Waals surface area contributed by atoms with Gasteiger partial charge in [0.15, 0.2) is 11.5 Å². The number of anilines is 2. The van der Waals surface area contributed by atoms with E-state index in [1.54, 1.807) is 13.4 Å². The van der Waals surface area contributed by atoms with Gasteiger partial charge < -0.3 is 20.4 Å². The molecule has 0 atom stereocenters. The Morgan fingerprint density at radius 2 is 2.16 bits per heavy atom. The maximum Gasteiger partial charge on any atom is 0.226 e. The first kappa shape index (κ1) is 13.5. The van der Waals surface area contributed by atoms with Crippen molar-refractivity contribution < 1.29 is 4.74 Å². The quantitative estimate of drug-likeness (QED) is 0.735. The van der Waals surface area contributed by atoms with Crippen LogP contribution >= 0.6 is 0 Å². The van der Waals surface area contributed by atoms with Crippen LogP contribution in [0.25, 0.3) is 11.2 Å². The molecule has 3 N–H and O–H groups in total. The van der Waals surface area contributed by atoms with Gasteiger partial charge >= 0.3 is 0 Å². The molecule has 104 valence electrons. The second-order valence-corrected chi connectivity index (χ2v) is 4.97. The Kier molecular flexibility index (Phi) is 3.84. The highest BCUT2D eigenvalue weighted by molar-refractivity contribution is 5.84. The number of rotatable bonds is 6. The van der Waals surface area contributed by atoms with Crippen LogP contribution in [0, 0.1) is 0 Å². The minimum atomic E-state index is -0.232. The molecule has 0 spiro atoms. The Balaban J connectivity index is 2.37. The molecule has 7 nitrogen and oxygen atoms in total. The number of nitrogens with zero attached hydrogens (tertiary/aromatic N) is 3. The van der Waals surface area contributed by atoms with Crippen molar-refractivity contribution in [3.8, 4) is 0 Å². The van der Waals surface area contributed by atoms with Crippen molar-refractivity contribution in [1.29, 1.82) is 0 Å².